The standard InChI is InChI=1S/C12H20N4O2S/c1-12(14-2)5-7-16(8-6-12)11-4-3-10(9-15-11)19(13,17)18/h3-4,9,14H,5-8H2,1-2H3,(H2,13,17,18). The molecule has 3 N–H and O–H groups in total. The van der Waals surface area contributed by atoms with Crippen molar-refractivity contribution in [3.63, 3.8) is 0 Å². The Balaban J connectivity index is 2.09. The van der Waals surface area contributed by atoms with Gasteiger partial charge in [-0.2, -0.15) is 0 Å². The minimum atomic E-state index is -3.66. The number of nitrogens with one attached hydrogen (secondary N) is 1. The molecule has 19 heavy (non-hydrogen) atoms. The number of pyridine rings is 1. The maximum Gasteiger partial charge on any atom is 0.239 e. The van der Waals surface area contributed by atoms with Gasteiger partial charge in [0, 0.05) is 24.8 Å². The fourth-order valence-electron chi connectivity index (χ4n) is 2.21. The van der Waals surface area contributed by atoms with E-state index in [1.54, 1.807) is 6.07 Å². The highest BCUT2D eigenvalue weighted by atomic mass is 32.2. The molecule has 2 heterocycles. The Bertz CT molecular complexity index is 533. The summed E-state index contributed by atoms with van der Waals surface area (Å²) in [6.07, 6.45) is 3.38. The molecule has 6 nitrogen and oxygen atoms in total. The number of anilines is 1. The summed E-state index contributed by atoms with van der Waals surface area (Å²) in [5.74, 6) is 0.797. The van der Waals surface area contributed by atoms with Crippen LogP contribution in [-0.2, 0) is 10.0 Å². The Morgan fingerprint density at radius 1 is 1.37 bits per heavy atom. The molecule has 1 aliphatic rings. The van der Waals surface area contributed by atoms with E-state index in [4.69, 9.17) is 5.14 Å². The van der Waals surface area contributed by atoms with Crippen LogP contribution in [0.1, 0.15) is 19.8 Å². The Morgan fingerprint density at radius 3 is 2.42 bits per heavy atom. The van der Waals surface area contributed by atoms with Crippen LogP contribution in [0.3, 0.4) is 0 Å². The third-order valence-electron chi connectivity index (χ3n) is 3.84. The molecule has 1 aromatic rings. The first-order valence-electron chi connectivity index (χ1n) is 6.27. The highest BCUT2D eigenvalue weighted by molar-refractivity contribution is 7.89. The molecule has 0 aliphatic carbocycles. The largest absolute Gasteiger partial charge is 0.356 e. The number of piperidine rings is 1. The number of hydrogen-bond donors (Lipinski definition) is 2. The van der Waals surface area contributed by atoms with Crippen LogP contribution in [0.25, 0.3) is 0 Å². The van der Waals surface area contributed by atoms with E-state index in [2.05, 4.69) is 22.1 Å². The van der Waals surface area contributed by atoms with Gasteiger partial charge in [0.25, 0.3) is 0 Å². The Morgan fingerprint density at radius 2 is 2.00 bits per heavy atom. The molecule has 0 atom stereocenters. The summed E-state index contributed by atoms with van der Waals surface area (Å²) in [5.41, 5.74) is 0.178. The molecule has 0 radical (unpaired) electrons. The van der Waals surface area contributed by atoms with Gasteiger partial charge >= 0.3 is 0 Å². The summed E-state index contributed by atoms with van der Waals surface area (Å²) in [7, 11) is -1.68. The molecule has 0 spiro atoms. The van der Waals surface area contributed by atoms with Crippen LogP contribution in [0.2, 0.25) is 0 Å². The predicted molar refractivity (Wildman–Crippen MR) is 74.5 cm³/mol. The summed E-state index contributed by atoms with van der Waals surface area (Å²) >= 11 is 0. The van der Waals surface area contributed by atoms with Crippen LogP contribution in [0, 0.1) is 0 Å². The maximum atomic E-state index is 11.2. The first-order valence-corrected chi connectivity index (χ1v) is 7.81. The predicted octanol–water partition coefficient (Wildman–Crippen LogP) is 0.307. The van der Waals surface area contributed by atoms with Gasteiger partial charge in [-0.05, 0) is 38.9 Å². The van der Waals surface area contributed by atoms with E-state index in [0.717, 1.165) is 31.7 Å². The summed E-state index contributed by atoms with van der Waals surface area (Å²) < 4.78 is 22.3. The smallest absolute Gasteiger partial charge is 0.239 e. The number of nitrogens with two attached hydrogens (primary N) is 1. The van der Waals surface area contributed by atoms with E-state index >= 15 is 0 Å². The van der Waals surface area contributed by atoms with Crippen LogP contribution >= 0.6 is 0 Å². The zero-order valence-electron chi connectivity index (χ0n) is 11.3. The molecule has 1 saturated heterocycles. The molecule has 1 aliphatic heterocycles. The molecule has 1 fully saturated rings. The van der Waals surface area contributed by atoms with Crippen LogP contribution in [0.15, 0.2) is 23.2 Å². The van der Waals surface area contributed by atoms with Crippen LogP contribution in [-0.4, -0.2) is 39.1 Å². The summed E-state index contributed by atoms with van der Waals surface area (Å²) in [4.78, 5) is 6.40. The highest BCUT2D eigenvalue weighted by Crippen LogP contribution is 2.24. The second kappa shape index (κ2) is 5.07. The van der Waals surface area contributed by atoms with Gasteiger partial charge in [-0.15, -0.1) is 0 Å². The van der Waals surface area contributed by atoms with Crippen molar-refractivity contribution in [2.75, 3.05) is 25.0 Å². The fourth-order valence-corrected chi connectivity index (χ4v) is 2.66. The molecule has 0 aromatic carbocycles. The van der Waals surface area contributed by atoms with Crippen molar-refractivity contribution in [3.8, 4) is 0 Å². The lowest BCUT2D eigenvalue weighted by Crippen LogP contribution is -2.50. The average Bonchev–Trinajstić information content (AvgIpc) is 2.39. The van der Waals surface area contributed by atoms with E-state index in [0.29, 0.717) is 0 Å². The van der Waals surface area contributed by atoms with Gasteiger partial charge in [0.1, 0.15) is 10.7 Å². The quantitative estimate of drug-likeness (QED) is 0.834. The van der Waals surface area contributed by atoms with E-state index in [9.17, 15) is 8.42 Å². The fraction of sp³-hybridized carbons (Fsp3) is 0.583. The van der Waals surface area contributed by atoms with E-state index in [-0.39, 0.29) is 10.4 Å². The van der Waals surface area contributed by atoms with Gasteiger partial charge in [0.15, 0.2) is 0 Å². The second-order valence-electron chi connectivity index (χ2n) is 5.19. The van der Waals surface area contributed by atoms with E-state index in [1.165, 1.54) is 12.3 Å². The third kappa shape index (κ3) is 3.23. The number of hydrogen-bond acceptors (Lipinski definition) is 5. The third-order valence-corrected chi connectivity index (χ3v) is 4.74. The maximum absolute atomic E-state index is 11.2. The molecule has 0 amide bonds. The lowest BCUT2D eigenvalue weighted by Gasteiger charge is -2.39. The van der Waals surface area contributed by atoms with Crippen molar-refractivity contribution in [2.45, 2.75) is 30.2 Å². The molecule has 7 heteroatoms. The second-order valence-corrected chi connectivity index (χ2v) is 6.76. The SMILES string of the molecule is CNC1(C)CCN(c2ccc(S(N)(=O)=O)cn2)CC1. The number of nitrogens with zero attached hydrogens (tertiary/aromatic N) is 2. The first-order chi connectivity index (χ1) is 8.84. The lowest BCUT2D eigenvalue weighted by atomic mass is 9.90. The molecule has 0 bridgehead atoms. The Labute approximate surface area is 114 Å². The topological polar surface area (TPSA) is 88.3 Å². The first kappa shape index (κ1) is 14.2. The van der Waals surface area contributed by atoms with Crippen molar-refractivity contribution < 1.29 is 8.42 Å². The number of aromatic nitrogens is 1. The molecule has 0 saturated carbocycles. The summed E-state index contributed by atoms with van der Waals surface area (Å²) in [6, 6.07) is 3.21. The number of rotatable bonds is 3. The molecular weight excluding hydrogens is 264 g/mol. The van der Waals surface area contributed by atoms with Gasteiger partial charge in [-0.3, -0.25) is 0 Å². The van der Waals surface area contributed by atoms with Gasteiger partial charge in [0.05, 0.1) is 0 Å². The van der Waals surface area contributed by atoms with Crippen molar-refractivity contribution in [2.24, 2.45) is 5.14 Å². The molecular formula is C12H20N4O2S. The van der Waals surface area contributed by atoms with Gasteiger partial charge < -0.3 is 10.2 Å². The number of primary sulfonamides is 1. The zero-order chi connectivity index (χ0) is 14.1. The molecule has 2 rings (SSSR count). The van der Waals surface area contributed by atoms with Crippen LogP contribution in [0.4, 0.5) is 5.82 Å². The van der Waals surface area contributed by atoms with Gasteiger partial charge in [-0.1, -0.05) is 0 Å². The molecule has 106 valence electrons. The van der Waals surface area contributed by atoms with Crippen molar-refractivity contribution in [1.29, 1.82) is 0 Å². The van der Waals surface area contributed by atoms with E-state index in [1.807, 2.05) is 7.05 Å². The Hall–Kier alpha value is -1.18. The highest BCUT2D eigenvalue weighted by Gasteiger charge is 2.28. The molecule has 1 aromatic heterocycles. The van der Waals surface area contributed by atoms with Crippen LogP contribution < -0.4 is 15.4 Å². The Kier molecular flexibility index (Phi) is 3.80. The lowest BCUT2D eigenvalue weighted by molar-refractivity contribution is 0.304. The van der Waals surface area contributed by atoms with Gasteiger partial charge in [0.2, 0.25) is 10.0 Å². The summed E-state index contributed by atoms with van der Waals surface area (Å²) in [6.45, 7) is 4.01. The summed E-state index contributed by atoms with van der Waals surface area (Å²) in [5, 5.41) is 8.39. The minimum Gasteiger partial charge on any atom is -0.356 e. The van der Waals surface area contributed by atoms with Crippen molar-refractivity contribution in [1.82, 2.24) is 10.3 Å². The van der Waals surface area contributed by atoms with Crippen molar-refractivity contribution in [3.05, 3.63) is 18.3 Å². The minimum absolute atomic E-state index is 0.0494. The zero-order valence-corrected chi connectivity index (χ0v) is 12.1. The van der Waals surface area contributed by atoms with E-state index < -0.39 is 10.0 Å². The monoisotopic (exact) mass is 284 g/mol. The van der Waals surface area contributed by atoms with Gasteiger partial charge in [-0.25, -0.2) is 18.5 Å². The van der Waals surface area contributed by atoms with Crippen LogP contribution in [0.5, 0.6) is 0 Å². The van der Waals surface area contributed by atoms with Crippen molar-refractivity contribution >= 4 is 15.8 Å². The molecule has 0 unspecified atom stereocenters. The normalized spacial score (nSPS) is 19.4. The average molecular weight is 284 g/mol. The number of sulfonamides is 1.